The highest BCUT2D eigenvalue weighted by molar-refractivity contribution is 7.08. The van der Waals surface area contributed by atoms with Gasteiger partial charge in [0.15, 0.2) is 5.96 Å². The van der Waals surface area contributed by atoms with Crippen LogP contribution in [0.4, 0.5) is 0 Å². The molecule has 1 unspecified atom stereocenters. The van der Waals surface area contributed by atoms with Crippen LogP contribution in [0.15, 0.2) is 34.2 Å². The van der Waals surface area contributed by atoms with Crippen LogP contribution in [0, 0.1) is 0 Å². The Labute approximate surface area is 141 Å². The molecule has 0 saturated heterocycles. The molecule has 2 rings (SSSR count). The molecule has 0 fully saturated rings. The van der Waals surface area contributed by atoms with Crippen LogP contribution >= 0.6 is 11.3 Å². The molecule has 126 valence electrons. The normalized spacial score (nSPS) is 14.5. The lowest BCUT2D eigenvalue weighted by Gasteiger charge is -2.21. The highest BCUT2D eigenvalue weighted by Gasteiger charge is 2.23. The molecule has 0 amide bonds. The number of guanidine groups is 1. The zero-order valence-corrected chi connectivity index (χ0v) is 14.7. The molecule has 2 aromatic rings. The van der Waals surface area contributed by atoms with Crippen molar-refractivity contribution in [2.75, 3.05) is 19.6 Å². The van der Waals surface area contributed by atoms with Gasteiger partial charge in [-0.1, -0.05) is 0 Å². The zero-order chi connectivity index (χ0) is 16.7. The van der Waals surface area contributed by atoms with Crippen LogP contribution in [0.5, 0.6) is 0 Å². The molecule has 0 aliphatic rings. The third-order valence-corrected chi connectivity index (χ3v) is 4.18. The van der Waals surface area contributed by atoms with E-state index in [4.69, 9.17) is 0 Å². The fraction of sp³-hybridized carbons (Fsp3) is 0.500. The van der Waals surface area contributed by atoms with Crippen LogP contribution in [0.3, 0.4) is 0 Å². The lowest BCUT2D eigenvalue weighted by molar-refractivity contribution is 0.0677. The van der Waals surface area contributed by atoms with Crippen molar-refractivity contribution < 1.29 is 5.11 Å². The molecular weight excluding hydrogens is 310 g/mol. The standard InChI is InChI=1S/C16H25N5OS/c1-4-17-15(18-7-5-13-9-20-21(3)10-13)19-12-16(2,22)14-6-8-23-11-14/h6,8-11,22H,4-5,7,12H2,1-3H3,(H2,17,18,19). The van der Waals surface area contributed by atoms with Crippen LogP contribution in [-0.4, -0.2) is 40.5 Å². The smallest absolute Gasteiger partial charge is 0.191 e. The van der Waals surface area contributed by atoms with Gasteiger partial charge in [-0.2, -0.15) is 16.4 Å². The summed E-state index contributed by atoms with van der Waals surface area (Å²) in [5, 5.41) is 25.1. The average Bonchev–Trinajstić information content (AvgIpc) is 3.17. The largest absolute Gasteiger partial charge is 0.383 e. The van der Waals surface area contributed by atoms with E-state index >= 15 is 0 Å². The van der Waals surface area contributed by atoms with Crippen molar-refractivity contribution in [1.82, 2.24) is 20.4 Å². The molecule has 0 aliphatic heterocycles. The summed E-state index contributed by atoms with van der Waals surface area (Å²) in [6.45, 7) is 5.66. The average molecular weight is 335 g/mol. The van der Waals surface area contributed by atoms with Gasteiger partial charge in [0.1, 0.15) is 5.60 Å². The Morgan fingerprint density at radius 2 is 2.30 bits per heavy atom. The van der Waals surface area contributed by atoms with Crippen molar-refractivity contribution in [1.29, 1.82) is 0 Å². The molecule has 2 heterocycles. The molecule has 0 aromatic carbocycles. The summed E-state index contributed by atoms with van der Waals surface area (Å²) in [5.74, 6) is 0.715. The number of hydrogen-bond donors (Lipinski definition) is 3. The van der Waals surface area contributed by atoms with Gasteiger partial charge in [0.05, 0.1) is 12.7 Å². The fourth-order valence-corrected chi connectivity index (χ4v) is 2.95. The number of thiophene rings is 1. The molecular formula is C16H25N5OS. The number of aliphatic hydroxyl groups is 1. The van der Waals surface area contributed by atoms with Gasteiger partial charge < -0.3 is 15.7 Å². The Bertz CT molecular complexity index is 618. The Morgan fingerprint density at radius 1 is 1.48 bits per heavy atom. The summed E-state index contributed by atoms with van der Waals surface area (Å²) in [6.07, 6.45) is 4.75. The fourth-order valence-electron chi connectivity index (χ4n) is 2.16. The molecule has 0 radical (unpaired) electrons. The second-order valence-electron chi connectivity index (χ2n) is 5.68. The van der Waals surface area contributed by atoms with Crippen LogP contribution in [0.25, 0.3) is 0 Å². The van der Waals surface area contributed by atoms with E-state index in [1.165, 1.54) is 5.56 Å². The van der Waals surface area contributed by atoms with Crippen LogP contribution < -0.4 is 10.6 Å². The van der Waals surface area contributed by atoms with E-state index in [0.29, 0.717) is 12.5 Å². The van der Waals surface area contributed by atoms with Gasteiger partial charge in [-0.25, -0.2) is 4.99 Å². The summed E-state index contributed by atoms with van der Waals surface area (Å²) in [7, 11) is 1.91. The molecule has 6 nitrogen and oxygen atoms in total. The maximum absolute atomic E-state index is 10.5. The lowest BCUT2D eigenvalue weighted by atomic mass is 10.00. The van der Waals surface area contributed by atoms with Gasteiger partial charge in [-0.3, -0.25) is 4.68 Å². The Kier molecular flexibility index (Phi) is 6.18. The summed E-state index contributed by atoms with van der Waals surface area (Å²) in [5.41, 5.74) is 1.13. The van der Waals surface area contributed by atoms with E-state index in [1.54, 1.807) is 22.9 Å². The van der Waals surface area contributed by atoms with Gasteiger partial charge in [-0.15, -0.1) is 0 Å². The molecule has 0 saturated carbocycles. The molecule has 0 bridgehead atoms. The predicted molar refractivity (Wildman–Crippen MR) is 94.8 cm³/mol. The molecule has 3 N–H and O–H groups in total. The minimum Gasteiger partial charge on any atom is -0.383 e. The van der Waals surface area contributed by atoms with Crippen molar-refractivity contribution in [2.24, 2.45) is 12.0 Å². The van der Waals surface area contributed by atoms with Gasteiger partial charge >= 0.3 is 0 Å². The number of aliphatic imine (C=N–C) groups is 1. The molecule has 0 spiro atoms. The van der Waals surface area contributed by atoms with Crippen LogP contribution in [-0.2, 0) is 19.1 Å². The second kappa shape index (κ2) is 8.12. The van der Waals surface area contributed by atoms with E-state index < -0.39 is 5.60 Å². The van der Waals surface area contributed by atoms with E-state index in [-0.39, 0.29) is 0 Å². The monoisotopic (exact) mass is 335 g/mol. The third-order valence-electron chi connectivity index (χ3n) is 3.50. The van der Waals surface area contributed by atoms with E-state index in [9.17, 15) is 5.11 Å². The maximum Gasteiger partial charge on any atom is 0.191 e. The van der Waals surface area contributed by atoms with Crippen molar-refractivity contribution in [3.05, 3.63) is 40.3 Å². The predicted octanol–water partition coefficient (Wildman–Crippen LogP) is 1.49. The first-order valence-electron chi connectivity index (χ1n) is 7.76. The highest BCUT2D eigenvalue weighted by Crippen LogP contribution is 2.23. The highest BCUT2D eigenvalue weighted by atomic mass is 32.1. The van der Waals surface area contributed by atoms with Gasteiger partial charge in [-0.05, 0) is 48.2 Å². The first kappa shape index (κ1) is 17.5. The number of nitrogens with zero attached hydrogens (tertiary/aromatic N) is 3. The second-order valence-corrected chi connectivity index (χ2v) is 6.46. The first-order valence-corrected chi connectivity index (χ1v) is 8.70. The van der Waals surface area contributed by atoms with Crippen molar-refractivity contribution >= 4 is 17.3 Å². The minimum atomic E-state index is -0.953. The number of nitrogens with one attached hydrogen (secondary N) is 2. The lowest BCUT2D eigenvalue weighted by Crippen LogP contribution is -2.39. The molecule has 7 heteroatoms. The Morgan fingerprint density at radius 3 is 2.91 bits per heavy atom. The molecule has 23 heavy (non-hydrogen) atoms. The quantitative estimate of drug-likeness (QED) is 0.529. The Hall–Kier alpha value is -1.86. The SMILES string of the molecule is CCNC(=NCC(C)(O)c1ccsc1)NCCc1cnn(C)c1. The summed E-state index contributed by atoms with van der Waals surface area (Å²) in [6, 6.07) is 1.93. The molecule has 0 aliphatic carbocycles. The van der Waals surface area contributed by atoms with Crippen LogP contribution in [0.2, 0.25) is 0 Å². The van der Waals surface area contributed by atoms with Crippen LogP contribution in [0.1, 0.15) is 25.0 Å². The topological polar surface area (TPSA) is 74.5 Å². The van der Waals surface area contributed by atoms with Crippen molar-refractivity contribution in [2.45, 2.75) is 25.9 Å². The first-order chi connectivity index (χ1) is 11.0. The number of rotatable bonds is 7. The van der Waals surface area contributed by atoms with E-state index in [1.807, 2.05) is 43.2 Å². The third kappa shape index (κ3) is 5.37. The van der Waals surface area contributed by atoms with Gasteiger partial charge in [0.25, 0.3) is 0 Å². The van der Waals surface area contributed by atoms with Crippen molar-refractivity contribution in [3.8, 4) is 0 Å². The minimum absolute atomic E-state index is 0.311. The maximum atomic E-state index is 10.5. The summed E-state index contributed by atoms with van der Waals surface area (Å²) >= 11 is 1.58. The van der Waals surface area contributed by atoms with E-state index in [0.717, 1.165) is 25.1 Å². The molecule has 1 atom stereocenters. The number of aryl methyl sites for hydroxylation is 1. The number of hydrogen-bond acceptors (Lipinski definition) is 4. The Balaban J connectivity index is 1.89. The summed E-state index contributed by atoms with van der Waals surface area (Å²) < 4.78 is 1.80. The number of aromatic nitrogens is 2. The summed E-state index contributed by atoms with van der Waals surface area (Å²) in [4.78, 5) is 4.51. The molecule has 2 aromatic heterocycles. The van der Waals surface area contributed by atoms with Crippen molar-refractivity contribution in [3.63, 3.8) is 0 Å². The van der Waals surface area contributed by atoms with Gasteiger partial charge in [0, 0.05) is 26.3 Å². The van der Waals surface area contributed by atoms with E-state index in [2.05, 4.69) is 20.7 Å². The van der Waals surface area contributed by atoms with Gasteiger partial charge in [0.2, 0.25) is 0 Å². The zero-order valence-electron chi connectivity index (χ0n) is 13.9.